The summed E-state index contributed by atoms with van der Waals surface area (Å²) in [6.45, 7) is 0.650. The molecule has 0 spiro atoms. The maximum absolute atomic E-state index is 5.53. The van der Waals surface area contributed by atoms with E-state index in [1.807, 2.05) is 24.3 Å². The lowest BCUT2D eigenvalue weighted by atomic mass is 10.3. The van der Waals surface area contributed by atoms with Crippen molar-refractivity contribution in [3.05, 3.63) is 24.3 Å². The molecule has 2 nitrogen and oxygen atoms in total. The van der Waals surface area contributed by atoms with Crippen molar-refractivity contribution in [2.45, 2.75) is 4.83 Å². The molecule has 1 atom stereocenters. The first-order chi connectivity index (χ1) is 6.76. The summed E-state index contributed by atoms with van der Waals surface area (Å²) in [4.78, 5) is 0.338. The fourth-order valence-corrected chi connectivity index (χ4v) is 1.22. The molecule has 0 saturated carbocycles. The van der Waals surface area contributed by atoms with Gasteiger partial charge < -0.3 is 9.47 Å². The van der Waals surface area contributed by atoms with Gasteiger partial charge in [-0.05, 0) is 24.3 Å². The van der Waals surface area contributed by atoms with E-state index in [2.05, 4.69) is 31.9 Å². The van der Waals surface area contributed by atoms with Gasteiger partial charge in [0.15, 0.2) is 0 Å². The molecule has 0 aliphatic rings. The first-order valence-electron chi connectivity index (χ1n) is 4.23. The second kappa shape index (κ2) is 6.30. The molecule has 0 aliphatic carbocycles. The second-order valence-electron chi connectivity index (χ2n) is 2.74. The van der Waals surface area contributed by atoms with E-state index in [0.29, 0.717) is 11.4 Å². The van der Waals surface area contributed by atoms with E-state index in [0.717, 1.165) is 16.8 Å². The van der Waals surface area contributed by atoms with Crippen LogP contribution in [0.25, 0.3) is 0 Å². The molecule has 0 saturated heterocycles. The average Bonchev–Trinajstić information content (AvgIpc) is 2.26. The second-order valence-corrected chi connectivity index (χ2v) is 4.68. The standard InChI is InChI=1S/C10H12Br2O2/c1-13-9-2-4-10(5-3-9)14-7-8(12)6-11/h2-5,8H,6-7H2,1H3. The van der Waals surface area contributed by atoms with Crippen molar-refractivity contribution in [2.24, 2.45) is 0 Å². The molecule has 1 unspecified atom stereocenters. The van der Waals surface area contributed by atoms with Gasteiger partial charge in [-0.2, -0.15) is 0 Å². The Morgan fingerprint density at radius 3 is 2.29 bits per heavy atom. The summed E-state index contributed by atoms with van der Waals surface area (Å²) in [5.74, 6) is 1.70. The highest BCUT2D eigenvalue weighted by Crippen LogP contribution is 2.17. The lowest BCUT2D eigenvalue weighted by Crippen LogP contribution is -2.12. The molecule has 0 bridgehead atoms. The molecule has 1 aromatic carbocycles. The van der Waals surface area contributed by atoms with Gasteiger partial charge in [-0.15, -0.1) is 0 Å². The molecule has 4 heteroatoms. The van der Waals surface area contributed by atoms with Crippen LogP contribution in [0.3, 0.4) is 0 Å². The maximum Gasteiger partial charge on any atom is 0.119 e. The van der Waals surface area contributed by atoms with Crippen LogP contribution in [-0.4, -0.2) is 23.9 Å². The topological polar surface area (TPSA) is 18.5 Å². The van der Waals surface area contributed by atoms with E-state index in [-0.39, 0.29) is 0 Å². The smallest absolute Gasteiger partial charge is 0.119 e. The zero-order valence-electron chi connectivity index (χ0n) is 7.87. The van der Waals surface area contributed by atoms with Crippen LogP contribution in [0, 0.1) is 0 Å². The first kappa shape index (κ1) is 11.9. The summed E-state index contributed by atoms with van der Waals surface area (Å²) in [6.07, 6.45) is 0. The van der Waals surface area contributed by atoms with Gasteiger partial charge in [0, 0.05) is 5.33 Å². The Labute approximate surface area is 101 Å². The molecule has 0 aromatic heterocycles. The minimum Gasteiger partial charge on any atom is -0.497 e. The molecule has 78 valence electrons. The van der Waals surface area contributed by atoms with E-state index in [1.54, 1.807) is 7.11 Å². The van der Waals surface area contributed by atoms with E-state index in [9.17, 15) is 0 Å². The lowest BCUT2D eigenvalue weighted by molar-refractivity contribution is 0.324. The zero-order chi connectivity index (χ0) is 10.4. The van der Waals surface area contributed by atoms with Crippen molar-refractivity contribution in [2.75, 3.05) is 19.0 Å². The van der Waals surface area contributed by atoms with Crippen molar-refractivity contribution >= 4 is 31.9 Å². The lowest BCUT2D eigenvalue weighted by Gasteiger charge is -2.09. The van der Waals surface area contributed by atoms with Crippen molar-refractivity contribution in [1.82, 2.24) is 0 Å². The van der Waals surface area contributed by atoms with Crippen molar-refractivity contribution in [3.63, 3.8) is 0 Å². The van der Waals surface area contributed by atoms with Crippen LogP contribution < -0.4 is 9.47 Å². The van der Waals surface area contributed by atoms with Crippen molar-refractivity contribution in [3.8, 4) is 11.5 Å². The fraction of sp³-hybridized carbons (Fsp3) is 0.400. The summed E-state index contributed by atoms with van der Waals surface area (Å²) in [5, 5.41) is 0.878. The Morgan fingerprint density at radius 2 is 1.79 bits per heavy atom. The van der Waals surface area contributed by atoms with Gasteiger partial charge in [-0.1, -0.05) is 31.9 Å². The average molecular weight is 324 g/mol. The Bertz CT molecular complexity index is 261. The molecular formula is C10H12Br2O2. The Morgan fingerprint density at radius 1 is 1.21 bits per heavy atom. The third-order valence-electron chi connectivity index (χ3n) is 1.66. The Hall–Kier alpha value is -0.220. The van der Waals surface area contributed by atoms with Gasteiger partial charge in [-0.3, -0.25) is 0 Å². The molecule has 1 aromatic rings. The van der Waals surface area contributed by atoms with Gasteiger partial charge in [0.25, 0.3) is 0 Å². The number of hydrogen-bond donors (Lipinski definition) is 0. The monoisotopic (exact) mass is 322 g/mol. The maximum atomic E-state index is 5.53. The van der Waals surface area contributed by atoms with E-state index in [1.165, 1.54) is 0 Å². The SMILES string of the molecule is COc1ccc(OCC(Br)CBr)cc1. The molecule has 0 radical (unpaired) electrons. The Balaban J connectivity index is 2.43. The summed E-state index contributed by atoms with van der Waals surface area (Å²) in [7, 11) is 1.65. The number of halogens is 2. The third-order valence-corrected chi connectivity index (χ3v) is 3.90. The summed E-state index contributed by atoms with van der Waals surface area (Å²) in [6, 6.07) is 7.55. The number of benzene rings is 1. The van der Waals surface area contributed by atoms with Gasteiger partial charge in [-0.25, -0.2) is 0 Å². The van der Waals surface area contributed by atoms with E-state index >= 15 is 0 Å². The van der Waals surface area contributed by atoms with Crippen molar-refractivity contribution in [1.29, 1.82) is 0 Å². The van der Waals surface area contributed by atoms with E-state index in [4.69, 9.17) is 9.47 Å². The number of rotatable bonds is 5. The van der Waals surface area contributed by atoms with Gasteiger partial charge >= 0.3 is 0 Å². The highest BCUT2D eigenvalue weighted by Gasteiger charge is 2.02. The Kier molecular flexibility index (Phi) is 5.33. The number of ether oxygens (including phenoxy) is 2. The predicted molar refractivity (Wildman–Crippen MR) is 65.0 cm³/mol. The minimum atomic E-state index is 0.338. The summed E-state index contributed by atoms with van der Waals surface area (Å²) < 4.78 is 10.6. The number of methoxy groups -OCH3 is 1. The molecule has 1 rings (SSSR count). The molecular weight excluding hydrogens is 312 g/mol. The van der Waals surface area contributed by atoms with Crippen molar-refractivity contribution < 1.29 is 9.47 Å². The molecule has 0 aliphatic heterocycles. The number of alkyl halides is 2. The van der Waals surface area contributed by atoms with Crippen LogP contribution >= 0.6 is 31.9 Å². The molecule has 0 N–H and O–H groups in total. The van der Waals surface area contributed by atoms with Crippen LogP contribution in [0.15, 0.2) is 24.3 Å². The largest absolute Gasteiger partial charge is 0.497 e. The molecule has 0 heterocycles. The summed E-state index contributed by atoms with van der Waals surface area (Å²) in [5.41, 5.74) is 0. The normalized spacial score (nSPS) is 12.2. The van der Waals surface area contributed by atoms with Crippen LogP contribution in [0.4, 0.5) is 0 Å². The fourth-order valence-electron chi connectivity index (χ4n) is 0.903. The minimum absolute atomic E-state index is 0.338. The zero-order valence-corrected chi connectivity index (χ0v) is 11.0. The molecule has 0 amide bonds. The van der Waals surface area contributed by atoms with Crippen LogP contribution in [0.5, 0.6) is 11.5 Å². The molecule has 0 fully saturated rings. The first-order valence-corrected chi connectivity index (χ1v) is 6.27. The van der Waals surface area contributed by atoms with Crippen LogP contribution in [0.2, 0.25) is 0 Å². The highest BCUT2D eigenvalue weighted by molar-refractivity contribution is 9.12. The quantitative estimate of drug-likeness (QED) is 0.774. The van der Waals surface area contributed by atoms with Gasteiger partial charge in [0.1, 0.15) is 18.1 Å². The molecule has 14 heavy (non-hydrogen) atoms. The van der Waals surface area contributed by atoms with Gasteiger partial charge in [0.2, 0.25) is 0 Å². The van der Waals surface area contributed by atoms with Crippen LogP contribution in [-0.2, 0) is 0 Å². The highest BCUT2D eigenvalue weighted by atomic mass is 79.9. The predicted octanol–water partition coefficient (Wildman–Crippen LogP) is 3.23. The van der Waals surface area contributed by atoms with Gasteiger partial charge in [0.05, 0.1) is 11.9 Å². The number of hydrogen-bond acceptors (Lipinski definition) is 2. The van der Waals surface area contributed by atoms with Crippen LogP contribution in [0.1, 0.15) is 0 Å². The van der Waals surface area contributed by atoms with E-state index < -0.39 is 0 Å². The summed E-state index contributed by atoms with van der Waals surface area (Å²) >= 11 is 6.83. The third kappa shape index (κ3) is 3.88.